The van der Waals surface area contributed by atoms with E-state index < -0.39 is 0 Å². The molecular formula is C31H42NO4+. The Bertz CT molecular complexity index is 1240. The number of hydrogen-bond acceptors (Lipinski definition) is 4. The zero-order valence-electron chi connectivity index (χ0n) is 23.5. The average molecular weight is 493 g/mol. The van der Waals surface area contributed by atoms with Gasteiger partial charge in [-0.1, -0.05) is 40.7 Å². The Hall–Kier alpha value is -2.53. The van der Waals surface area contributed by atoms with Crippen LogP contribution in [0.4, 0.5) is 0 Å². The maximum absolute atomic E-state index is 14.1. The fourth-order valence-electron chi connectivity index (χ4n) is 6.90. The van der Waals surface area contributed by atoms with Gasteiger partial charge < -0.3 is 18.7 Å². The van der Waals surface area contributed by atoms with Gasteiger partial charge in [-0.15, -0.1) is 0 Å². The highest BCUT2D eigenvalue weighted by molar-refractivity contribution is 5.98. The number of quaternary nitrogens is 1. The number of rotatable bonds is 4. The van der Waals surface area contributed by atoms with Gasteiger partial charge in [0.1, 0.15) is 6.04 Å². The molecule has 0 N–H and O–H groups in total. The number of methoxy groups -OCH3 is 1. The van der Waals surface area contributed by atoms with Crippen LogP contribution in [0.5, 0.6) is 17.2 Å². The molecule has 0 radical (unpaired) electrons. The maximum Gasteiger partial charge on any atom is 0.231 e. The molecule has 0 unspecified atom stereocenters. The molecule has 0 fully saturated rings. The Morgan fingerprint density at radius 3 is 2.53 bits per heavy atom. The first-order valence-electron chi connectivity index (χ1n) is 13.3. The Morgan fingerprint density at radius 1 is 1.11 bits per heavy atom. The van der Waals surface area contributed by atoms with E-state index in [1.54, 1.807) is 7.11 Å². The molecule has 2 aliphatic heterocycles. The van der Waals surface area contributed by atoms with E-state index in [0.717, 1.165) is 52.1 Å². The molecule has 36 heavy (non-hydrogen) atoms. The van der Waals surface area contributed by atoms with Crippen LogP contribution in [0.15, 0.2) is 18.2 Å². The molecule has 5 rings (SSSR count). The summed E-state index contributed by atoms with van der Waals surface area (Å²) in [6, 6.07) is 6.59. The average Bonchev–Trinajstić information content (AvgIpc) is 3.26. The van der Waals surface area contributed by atoms with Crippen molar-refractivity contribution in [2.24, 2.45) is 5.92 Å². The first-order valence-corrected chi connectivity index (χ1v) is 13.3. The lowest BCUT2D eigenvalue weighted by Gasteiger charge is -2.47. The first-order chi connectivity index (χ1) is 16.8. The number of aryl methyl sites for hydroxylation is 1. The molecule has 0 saturated carbocycles. The number of benzene rings is 2. The number of Topliss-reactive ketones (excluding diaryl/α,β-unsaturated/α-hetero) is 1. The van der Waals surface area contributed by atoms with Crippen molar-refractivity contribution >= 4 is 5.78 Å². The topological polar surface area (TPSA) is 44.8 Å². The third kappa shape index (κ3) is 3.73. The molecule has 2 heterocycles. The molecule has 0 aromatic heterocycles. The van der Waals surface area contributed by atoms with Crippen LogP contribution in [0.1, 0.15) is 91.7 Å². The molecule has 2 atom stereocenters. The lowest BCUT2D eigenvalue weighted by molar-refractivity contribution is -0.922. The van der Waals surface area contributed by atoms with E-state index in [-0.39, 0.29) is 29.4 Å². The highest BCUT2D eigenvalue weighted by Crippen LogP contribution is 2.52. The lowest BCUT2D eigenvalue weighted by atomic mass is 9.58. The summed E-state index contributed by atoms with van der Waals surface area (Å²) in [5.41, 5.74) is 7.10. The van der Waals surface area contributed by atoms with Crippen molar-refractivity contribution in [3.8, 4) is 17.2 Å². The van der Waals surface area contributed by atoms with Gasteiger partial charge in [0, 0.05) is 12.0 Å². The monoisotopic (exact) mass is 492 g/mol. The van der Waals surface area contributed by atoms with Crippen LogP contribution in [-0.2, 0) is 17.3 Å². The summed E-state index contributed by atoms with van der Waals surface area (Å²) < 4.78 is 18.1. The van der Waals surface area contributed by atoms with Gasteiger partial charge >= 0.3 is 0 Å². The van der Waals surface area contributed by atoms with Crippen molar-refractivity contribution in [2.75, 3.05) is 34.5 Å². The quantitative estimate of drug-likeness (QED) is 0.373. The Labute approximate surface area is 216 Å². The van der Waals surface area contributed by atoms with E-state index in [4.69, 9.17) is 14.2 Å². The number of nitrogens with zero attached hydrogens (tertiary/aromatic N) is 1. The van der Waals surface area contributed by atoms with E-state index in [0.29, 0.717) is 18.1 Å². The molecule has 2 aromatic rings. The standard InChI is InChI=1S/C31H42NO4/c1-18-12-23-22(30(3,4)16-19(2)31(23,5)6)14-21(18)25(33)15-24-27-20(10-11-32(24,7)8)13-26-28(29(27)34-9)36-17-35-26/h12-14,19,24H,10-11,15-17H2,1-9H3/q+1/t19-,24-/m0/s1. The highest BCUT2D eigenvalue weighted by Gasteiger charge is 2.44. The number of ether oxygens (including phenoxy) is 3. The second-order valence-electron chi connectivity index (χ2n) is 13.0. The highest BCUT2D eigenvalue weighted by atomic mass is 16.7. The van der Waals surface area contributed by atoms with Crippen LogP contribution >= 0.6 is 0 Å². The number of carbonyl (C=O) groups is 1. The van der Waals surface area contributed by atoms with E-state index >= 15 is 0 Å². The first kappa shape index (κ1) is 25.1. The number of fused-ring (bicyclic) bond motifs is 3. The minimum absolute atomic E-state index is 0.0226. The predicted octanol–water partition coefficient (Wildman–Crippen LogP) is 6.27. The van der Waals surface area contributed by atoms with Crippen molar-refractivity contribution in [2.45, 2.75) is 77.7 Å². The van der Waals surface area contributed by atoms with E-state index in [9.17, 15) is 4.79 Å². The summed E-state index contributed by atoms with van der Waals surface area (Å²) in [5, 5.41) is 0. The number of carbonyl (C=O) groups excluding carboxylic acids is 1. The minimum atomic E-state index is -0.0226. The smallest absolute Gasteiger partial charge is 0.231 e. The Kier molecular flexibility index (Phi) is 5.75. The van der Waals surface area contributed by atoms with Crippen LogP contribution in [0.2, 0.25) is 0 Å². The zero-order valence-corrected chi connectivity index (χ0v) is 23.5. The number of hydrogen-bond donors (Lipinski definition) is 0. The van der Waals surface area contributed by atoms with Gasteiger partial charge in [-0.25, -0.2) is 0 Å². The molecule has 2 aromatic carbocycles. The fourth-order valence-corrected chi connectivity index (χ4v) is 6.90. The van der Waals surface area contributed by atoms with E-state index in [2.05, 4.69) is 73.8 Å². The Morgan fingerprint density at radius 2 is 1.83 bits per heavy atom. The SMILES string of the molecule is COc1c2c(cc3c1[C@H](CC(=O)c1cc4c(cc1C)C(C)(C)[C@@H](C)CC4(C)C)[N+](C)(C)CC3)OCO2. The molecule has 1 aliphatic carbocycles. The van der Waals surface area contributed by atoms with Gasteiger partial charge in [-0.05, 0) is 64.5 Å². The maximum atomic E-state index is 14.1. The molecular weight excluding hydrogens is 450 g/mol. The van der Waals surface area contributed by atoms with Gasteiger partial charge in [0.25, 0.3) is 0 Å². The van der Waals surface area contributed by atoms with Crippen molar-refractivity contribution < 1.29 is 23.5 Å². The van der Waals surface area contributed by atoms with Crippen molar-refractivity contribution in [3.63, 3.8) is 0 Å². The third-order valence-corrected chi connectivity index (χ3v) is 9.60. The summed E-state index contributed by atoms with van der Waals surface area (Å²) in [7, 11) is 6.12. The minimum Gasteiger partial charge on any atom is -0.492 e. The Balaban J connectivity index is 1.58. The fraction of sp³-hybridized carbons (Fsp3) is 0.581. The molecule has 0 amide bonds. The summed E-state index contributed by atoms with van der Waals surface area (Å²) in [6.07, 6.45) is 2.46. The summed E-state index contributed by atoms with van der Waals surface area (Å²) >= 11 is 0. The molecule has 5 nitrogen and oxygen atoms in total. The largest absolute Gasteiger partial charge is 0.492 e. The molecule has 3 aliphatic rings. The van der Waals surface area contributed by atoms with Crippen LogP contribution in [-0.4, -0.2) is 44.8 Å². The van der Waals surface area contributed by atoms with Crippen LogP contribution in [0, 0.1) is 12.8 Å². The summed E-state index contributed by atoms with van der Waals surface area (Å²) in [6.45, 7) is 15.0. The molecule has 0 spiro atoms. The van der Waals surface area contributed by atoms with Gasteiger partial charge in [0.2, 0.25) is 12.5 Å². The number of ketones is 1. The van der Waals surface area contributed by atoms with E-state index in [1.165, 1.54) is 16.7 Å². The van der Waals surface area contributed by atoms with Gasteiger partial charge in [-0.3, -0.25) is 4.79 Å². The summed E-state index contributed by atoms with van der Waals surface area (Å²) in [4.78, 5) is 14.1. The second-order valence-corrected chi connectivity index (χ2v) is 13.0. The lowest BCUT2D eigenvalue weighted by Crippen LogP contribution is -2.48. The van der Waals surface area contributed by atoms with Crippen molar-refractivity contribution in [1.29, 1.82) is 0 Å². The molecule has 0 saturated heterocycles. The molecule has 0 bridgehead atoms. The molecule has 194 valence electrons. The second kappa shape index (κ2) is 8.24. The van der Waals surface area contributed by atoms with Gasteiger partial charge in [0.05, 0.1) is 39.7 Å². The van der Waals surface area contributed by atoms with Crippen LogP contribution in [0.3, 0.4) is 0 Å². The summed E-state index contributed by atoms with van der Waals surface area (Å²) in [5.74, 6) is 2.92. The van der Waals surface area contributed by atoms with E-state index in [1.807, 2.05) is 0 Å². The van der Waals surface area contributed by atoms with Crippen LogP contribution < -0.4 is 14.2 Å². The van der Waals surface area contributed by atoms with Crippen molar-refractivity contribution in [1.82, 2.24) is 0 Å². The normalized spacial score (nSPS) is 24.6. The van der Waals surface area contributed by atoms with Crippen LogP contribution in [0.25, 0.3) is 0 Å². The zero-order chi connectivity index (χ0) is 26.2. The van der Waals surface area contributed by atoms with Gasteiger partial charge in [-0.2, -0.15) is 0 Å². The van der Waals surface area contributed by atoms with Crippen molar-refractivity contribution in [3.05, 3.63) is 51.6 Å². The third-order valence-electron chi connectivity index (χ3n) is 9.60. The molecule has 5 heteroatoms. The number of likely N-dealkylation sites (N-methyl/N-ethyl adjacent to an activating group) is 1. The van der Waals surface area contributed by atoms with Gasteiger partial charge in [0.15, 0.2) is 17.3 Å². The predicted molar refractivity (Wildman–Crippen MR) is 142 cm³/mol.